The molecule has 8 rings (SSSR count). The Labute approximate surface area is 359 Å². The van der Waals surface area contributed by atoms with E-state index >= 15 is 0 Å². The van der Waals surface area contributed by atoms with Crippen LogP contribution >= 0.6 is 0 Å². The van der Waals surface area contributed by atoms with E-state index in [2.05, 4.69) is 33.4 Å². The molecule has 0 aromatic heterocycles. The van der Waals surface area contributed by atoms with Gasteiger partial charge in [-0.05, 0) is 80.5 Å². The normalized spacial score (nSPS) is 50.4. The quantitative estimate of drug-likeness (QED) is 0.166. The minimum Gasteiger partial charge on any atom is -0.455 e. The van der Waals surface area contributed by atoms with Crippen LogP contribution < -0.4 is 0 Å². The van der Waals surface area contributed by atoms with Crippen molar-refractivity contribution in [2.75, 3.05) is 13.2 Å². The third kappa shape index (κ3) is 7.76. The number of esters is 2. The fraction of sp³-hybridized carbons (Fsp3) is 0.870. The monoisotopic (exact) mass is 862 g/mol. The van der Waals surface area contributed by atoms with Crippen LogP contribution in [0.3, 0.4) is 0 Å². The van der Waals surface area contributed by atoms with Crippen molar-refractivity contribution in [2.24, 2.45) is 46.3 Å². The summed E-state index contributed by atoms with van der Waals surface area (Å²) in [7, 11) is 0. The summed E-state index contributed by atoms with van der Waals surface area (Å²) >= 11 is 0. The van der Waals surface area contributed by atoms with Gasteiger partial charge in [-0.3, -0.25) is 4.79 Å². The Bertz CT molecular complexity index is 1680. The van der Waals surface area contributed by atoms with Crippen molar-refractivity contribution in [3.8, 4) is 0 Å². The summed E-state index contributed by atoms with van der Waals surface area (Å²) in [6.07, 6.45) is -6.15. The lowest BCUT2D eigenvalue weighted by atomic mass is 9.46. The molecule has 8 aliphatic rings. The molecular formula is C46H70O15. The predicted molar refractivity (Wildman–Crippen MR) is 216 cm³/mol. The molecule has 4 aliphatic carbocycles. The molecule has 61 heavy (non-hydrogen) atoms. The second-order valence-corrected chi connectivity index (χ2v) is 20.3. The van der Waals surface area contributed by atoms with Gasteiger partial charge in [0.1, 0.15) is 18.3 Å². The number of fused-ring (bicyclic) bond motifs is 7. The van der Waals surface area contributed by atoms with Gasteiger partial charge in [0.2, 0.25) is 0 Å². The fourth-order valence-corrected chi connectivity index (χ4v) is 13.3. The molecule has 0 amide bonds. The van der Waals surface area contributed by atoms with Crippen molar-refractivity contribution in [3.05, 3.63) is 23.8 Å². The number of allylic oxidation sites excluding steroid dienone is 1. The van der Waals surface area contributed by atoms with E-state index in [0.717, 1.165) is 49.7 Å². The molecule has 4 saturated heterocycles. The van der Waals surface area contributed by atoms with Gasteiger partial charge in [-0.1, -0.05) is 64.8 Å². The maximum Gasteiger partial charge on any atom is 0.335 e. The summed E-state index contributed by atoms with van der Waals surface area (Å²) in [6.45, 7) is 17.7. The lowest BCUT2D eigenvalue weighted by Gasteiger charge is -2.60. The van der Waals surface area contributed by atoms with E-state index in [0.29, 0.717) is 37.2 Å². The summed E-state index contributed by atoms with van der Waals surface area (Å²) in [5.74, 6) is -1.12. The minimum absolute atomic E-state index is 0.0481. The third-order valence-electron chi connectivity index (χ3n) is 16.9. The number of ether oxygens (including phenoxy) is 8. The topological polar surface area (TPSA) is 209 Å². The average molecular weight is 863 g/mol. The summed E-state index contributed by atoms with van der Waals surface area (Å²) in [4.78, 5) is 26.0. The summed E-state index contributed by atoms with van der Waals surface area (Å²) in [5.41, 5.74) is 1.76. The van der Waals surface area contributed by atoms with Gasteiger partial charge in [0, 0.05) is 31.1 Å². The molecule has 22 atom stereocenters. The van der Waals surface area contributed by atoms with E-state index in [4.69, 9.17) is 37.9 Å². The third-order valence-corrected chi connectivity index (χ3v) is 16.9. The number of aliphatic hydroxyl groups is 5. The number of aliphatic hydroxyl groups excluding tert-OH is 5. The Morgan fingerprint density at radius 2 is 1.74 bits per heavy atom. The molecular weight excluding hydrogens is 792 g/mol. The van der Waals surface area contributed by atoms with Crippen LogP contribution in [0.4, 0.5) is 0 Å². The van der Waals surface area contributed by atoms with Gasteiger partial charge in [0.05, 0.1) is 37.6 Å². The van der Waals surface area contributed by atoms with Gasteiger partial charge in [0.15, 0.2) is 42.8 Å². The Morgan fingerprint density at radius 3 is 2.43 bits per heavy atom. The fourth-order valence-electron chi connectivity index (χ4n) is 13.3. The zero-order chi connectivity index (χ0) is 43.9. The molecule has 0 unspecified atom stereocenters. The Kier molecular flexibility index (Phi) is 12.8. The first-order valence-electron chi connectivity index (χ1n) is 22.9. The molecule has 3 saturated carbocycles. The maximum atomic E-state index is 13.2. The number of carbonyl (C=O) groups is 2. The van der Waals surface area contributed by atoms with Gasteiger partial charge in [-0.15, -0.1) is 0 Å². The highest BCUT2D eigenvalue weighted by Gasteiger charge is 2.69. The van der Waals surface area contributed by atoms with Crippen LogP contribution in [0, 0.1) is 46.3 Å². The molecule has 7 fully saturated rings. The lowest BCUT2D eigenvalue weighted by molar-refractivity contribution is -0.363. The van der Waals surface area contributed by atoms with E-state index in [1.165, 1.54) is 13.8 Å². The summed E-state index contributed by atoms with van der Waals surface area (Å²) in [5, 5.41) is 54.4. The molecule has 0 aromatic rings. The molecule has 5 N–H and O–H groups in total. The molecule has 1 spiro atoms. The van der Waals surface area contributed by atoms with Crippen LogP contribution in [0.1, 0.15) is 106 Å². The predicted octanol–water partition coefficient (Wildman–Crippen LogP) is 3.45. The van der Waals surface area contributed by atoms with E-state index in [9.17, 15) is 35.1 Å². The zero-order valence-electron chi connectivity index (χ0n) is 36.9. The second kappa shape index (κ2) is 17.1. The van der Waals surface area contributed by atoms with E-state index in [1.54, 1.807) is 6.92 Å². The van der Waals surface area contributed by atoms with Crippen LogP contribution in [-0.2, 0) is 47.5 Å². The van der Waals surface area contributed by atoms with Gasteiger partial charge in [0.25, 0.3) is 0 Å². The number of hydrogen-bond donors (Lipinski definition) is 5. The molecule has 15 nitrogen and oxygen atoms in total. The first-order valence-corrected chi connectivity index (χ1v) is 22.9. The molecule has 0 bridgehead atoms. The smallest absolute Gasteiger partial charge is 0.335 e. The van der Waals surface area contributed by atoms with Crippen molar-refractivity contribution in [1.82, 2.24) is 0 Å². The van der Waals surface area contributed by atoms with Crippen molar-refractivity contribution in [3.63, 3.8) is 0 Å². The SMILES string of the molecule is C=C1CC[C@@]2(OC1)O[C@H]1C[C@H]3[C@@H]4CC=C5C[C@@H](O)C[C@@H](O[C@@H]6OC[C@H](OC(=O)[C@H](O)[C@H](C)CC)[C@H](OC(C)=O)[C@H]6O[C@@H]6O[C@@H](C)[C@H](O)[C@@H](O)[C@H]6O)[C@]5(C)[C@H]4CC[C@]3(C)[C@H]1[C@@H]2C. The van der Waals surface area contributed by atoms with Crippen molar-refractivity contribution < 1.29 is 73.0 Å². The Hall–Kier alpha value is -2.02. The average Bonchev–Trinajstić information content (AvgIpc) is 3.67. The van der Waals surface area contributed by atoms with Crippen molar-refractivity contribution in [1.29, 1.82) is 0 Å². The van der Waals surface area contributed by atoms with E-state index in [1.807, 2.05) is 6.92 Å². The van der Waals surface area contributed by atoms with Gasteiger partial charge < -0.3 is 63.4 Å². The standard InChI is InChI=1S/C46H70O15/c1-9-22(3)35(49)41(53)58-32-20-54-43(40(39(32)57-25(6)47)60-42-38(52)37(51)36(50)24(5)56-42)59-33-17-27(48)16-26-10-11-28-29(45(26,33)8)13-14-44(7)30(28)18-31-34(44)23(4)46(61-31)15-12-21(2)19-55-46/h10,22-24,27-40,42-43,48-52H,2,9,11-20H2,1,3-8H3/t22-,23+,24+,27-,28-,29+,30+,31+,32+,33-,34+,35-,36+,37-,38-,39+,40-,42+,43+,44+,45+,46-/m1/s1. The van der Waals surface area contributed by atoms with Crippen LogP contribution in [-0.4, -0.2) is 136 Å². The number of carbonyl (C=O) groups excluding carboxylic acids is 2. The molecule has 0 aromatic carbocycles. The van der Waals surface area contributed by atoms with Crippen LogP contribution in [0.2, 0.25) is 0 Å². The van der Waals surface area contributed by atoms with Gasteiger partial charge in [-0.25, -0.2) is 4.79 Å². The molecule has 4 aliphatic heterocycles. The first-order chi connectivity index (χ1) is 28.8. The molecule has 4 heterocycles. The highest BCUT2D eigenvalue weighted by Crippen LogP contribution is 2.71. The van der Waals surface area contributed by atoms with Crippen molar-refractivity contribution >= 4 is 11.9 Å². The largest absolute Gasteiger partial charge is 0.455 e. The molecule has 15 heteroatoms. The minimum atomic E-state index is -1.73. The maximum absolute atomic E-state index is 13.2. The van der Waals surface area contributed by atoms with Crippen LogP contribution in [0.15, 0.2) is 23.8 Å². The Balaban J connectivity index is 1.08. The van der Waals surface area contributed by atoms with Gasteiger partial charge >= 0.3 is 11.9 Å². The lowest BCUT2D eigenvalue weighted by Crippen LogP contribution is -2.64. The number of hydrogen-bond acceptors (Lipinski definition) is 15. The summed E-state index contributed by atoms with van der Waals surface area (Å²) < 4.78 is 50.7. The number of rotatable bonds is 9. The van der Waals surface area contributed by atoms with Crippen LogP contribution in [0.5, 0.6) is 0 Å². The zero-order valence-corrected chi connectivity index (χ0v) is 36.9. The Morgan fingerprint density at radius 1 is 0.984 bits per heavy atom. The second-order valence-electron chi connectivity index (χ2n) is 20.3. The molecule has 0 radical (unpaired) electrons. The van der Waals surface area contributed by atoms with Crippen molar-refractivity contribution in [2.45, 2.75) is 192 Å². The highest BCUT2D eigenvalue weighted by atomic mass is 16.8. The molecule has 344 valence electrons. The highest BCUT2D eigenvalue weighted by molar-refractivity contribution is 5.75. The first kappa shape index (κ1) is 45.5. The summed E-state index contributed by atoms with van der Waals surface area (Å²) in [6, 6.07) is 0. The van der Waals surface area contributed by atoms with Gasteiger partial charge in [-0.2, -0.15) is 0 Å². The van der Waals surface area contributed by atoms with Crippen LogP contribution in [0.25, 0.3) is 0 Å². The van der Waals surface area contributed by atoms with E-state index < -0.39 is 103 Å². The van der Waals surface area contributed by atoms with E-state index in [-0.39, 0.29) is 36.4 Å².